The number of benzene rings is 1. The second kappa shape index (κ2) is 13.4. The molecule has 0 unspecified atom stereocenters. The Kier molecular flexibility index (Phi) is 9.67. The molecule has 0 radical (unpaired) electrons. The lowest BCUT2D eigenvalue weighted by molar-refractivity contribution is -0.142. The number of likely N-dealkylation sites (tertiary alicyclic amines) is 1. The Bertz CT molecular complexity index is 1160. The molecular formula is C31H45N5O6. The van der Waals surface area contributed by atoms with Crippen LogP contribution in [0.4, 0.5) is 0 Å². The average Bonchev–Trinajstić information content (AvgIpc) is 3.67. The molecule has 0 saturated carbocycles. The third-order valence-corrected chi connectivity index (χ3v) is 9.56. The summed E-state index contributed by atoms with van der Waals surface area (Å²) in [6.45, 7) is 5.07. The molecular weight excluding hydrogens is 538 g/mol. The Balaban J connectivity index is 1.33. The minimum absolute atomic E-state index is 0.0167. The summed E-state index contributed by atoms with van der Waals surface area (Å²) in [5.41, 5.74) is 1.04. The first-order valence-corrected chi connectivity index (χ1v) is 15.4. The number of methoxy groups -OCH3 is 1. The lowest BCUT2D eigenvalue weighted by Gasteiger charge is -2.39. The van der Waals surface area contributed by atoms with Gasteiger partial charge in [0.15, 0.2) is 0 Å². The lowest BCUT2D eigenvalue weighted by atomic mass is 9.80. The van der Waals surface area contributed by atoms with Gasteiger partial charge < -0.3 is 35.2 Å². The molecule has 11 nitrogen and oxygen atoms in total. The maximum Gasteiger partial charge on any atom is 0.243 e. The maximum atomic E-state index is 13.9. The highest BCUT2D eigenvalue weighted by molar-refractivity contribution is 5.89. The van der Waals surface area contributed by atoms with Gasteiger partial charge in [-0.25, -0.2) is 0 Å². The van der Waals surface area contributed by atoms with Gasteiger partial charge in [-0.1, -0.05) is 12.1 Å². The molecule has 4 saturated heterocycles. The fourth-order valence-electron chi connectivity index (χ4n) is 6.92. The molecule has 2 bridgehead atoms. The van der Waals surface area contributed by atoms with Gasteiger partial charge in [0.1, 0.15) is 11.8 Å². The van der Waals surface area contributed by atoms with E-state index in [0.717, 1.165) is 37.2 Å². The number of aliphatic hydroxyl groups is 1. The van der Waals surface area contributed by atoms with Crippen LogP contribution in [0.15, 0.2) is 24.3 Å². The molecule has 3 N–H and O–H groups in total. The molecule has 0 spiro atoms. The van der Waals surface area contributed by atoms with Gasteiger partial charge >= 0.3 is 0 Å². The van der Waals surface area contributed by atoms with E-state index in [4.69, 9.17) is 4.74 Å². The van der Waals surface area contributed by atoms with E-state index in [0.29, 0.717) is 45.4 Å². The van der Waals surface area contributed by atoms with E-state index in [1.807, 2.05) is 29.2 Å². The largest absolute Gasteiger partial charge is 0.497 e. The van der Waals surface area contributed by atoms with Crippen LogP contribution in [0.3, 0.4) is 0 Å². The van der Waals surface area contributed by atoms with Crippen LogP contribution in [0.25, 0.3) is 0 Å². The van der Waals surface area contributed by atoms with E-state index >= 15 is 0 Å². The first kappa shape index (κ1) is 30.3. The van der Waals surface area contributed by atoms with Crippen LogP contribution < -0.4 is 15.4 Å². The number of carbonyl (C=O) groups is 4. The van der Waals surface area contributed by atoms with Gasteiger partial charge in [0, 0.05) is 58.2 Å². The van der Waals surface area contributed by atoms with Gasteiger partial charge in [-0.2, -0.15) is 0 Å². The first-order valence-electron chi connectivity index (χ1n) is 15.4. The van der Waals surface area contributed by atoms with E-state index < -0.39 is 18.2 Å². The van der Waals surface area contributed by atoms with E-state index in [-0.39, 0.29) is 54.3 Å². The van der Waals surface area contributed by atoms with Gasteiger partial charge in [-0.05, 0) is 62.1 Å². The molecule has 4 heterocycles. The van der Waals surface area contributed by atoms with Gasteiger partial charge in [0.25, 0.3) is 0 Å². The van der Waals surface area contributed by atoms with Gasteiger partial charge in [-0.15, -0.1) is 0 Å². The Morgan fingerprint density at radius 2 is 1.88 bits per heavy atom. The molecule has 0 aliphatic carbocycles. The minimum atomic E-state index is -1.04. The van der Waals surface area contributed by atoms with Crippen LogP contribution in [0.5, 0.6) is 5.75 Å². The Hall–Kier alpha value is -3.18. The van der Waals surface area contributed by atoms with Crippen molar-refractivity contribution in [3.63, 3.8) is 0 Å². The van der Waals surface area contributed by atoms with Crippen LogP contribution >= 0.6 is 0 Å². The van der Waals surface area contributed by atoms with Crippen LogP contribution in [-0.2, 0) is 25.7 Å². The van der Waals surface area contributed by atoms with E-state index in [1.54, 1.807) is 23.8 Å². The smallest absolute Gasteiger partial charge is 0.243 e. The van der Waals surface area contributed by atoms with Gasteiger partial charge in [0.05, 0.1) is 25.7 Å². The van der Waals surface area contributed by atoms with Crippen LogP contribution in [0, 0.1) is 11.8 Å². The third kappa shape index (κ3) is 7.06. The molecule has 1 aromatic carbocycles. The van der Waals surface area contributed by atoms with Gasteiger partial charge in [0.2, 0.25) is 23.6 Å². The number of hydrogen-bond donors (Lipinski definition) is 3. The fraction of sp³-hybridized carbons (Fsp3) is 0.677. The minimum Gasteiger partial charge on any atom is -0.497 e. The Labute approximate surface area is 247 Å². The fourth-order valence-corrected chi connectivity index (χ4v) is 6.92. The number of nitrogens with zero attached hydrogens (tertiary/aromatic N) is 3. The molecule has 4 fully saturated rings. The predicted molar refractivity (Wildman–Crippen MR) is 155 cm³/mol. The Morgan fingerprint density at radius 3 is 2.64 bits per heavy atom. The molecule has 42 heavy (non-hydrogen) atoms. The van der Waals surface area contributed by atoms with Crippen molar-refractivity contribution in [2.75, 3.05) is 39.8 Å². The second-order valence-electron chi connectivity index (χ2n) is 12.4. The Morgan fingerprint density at radius 1 is 1.10 bits per heavy atom. The summed E-state index contributed by atoms with van der Waals surface area (Å²) in [6, 6.07) is 6.34. The molecule has 11 heteroatoms. The SMILES string of the molecule is COc1cccc(CN[C@H]2C[C@H]3C(=O)N[C@@H](C)[C@@H](O)CC(=O)N4CC[C@@H](CC(=O)N5CCCC5)[C@@H](CC(=O)N3C2)C4)c1. The average molecular weight is 584 g/mol. The molecule has 6 atom stereocenters. The summed E-state index contributed by atoms with van der Waals surface area (Å²) in [4.78, 5) is 58.9. The highest BCUT2D eigenvalue weighted by Crippen LogP contribution is 2.33. The van der Waals surface area contributed by atoms with Crippen LogP contribution in [0.1, 0.15) is 57.4 Å². The number of piperidine rings is 1. The van der Waals surface area contributed by atoms with E-state index in [2.05, 4.69) is 10.6 Å². The summed E-state index contributed by atoms with van der Waals surface area (Å²) >= 11 is 0. The van der Waals surface area contributed by atoms with Crippen LogP contribution in [0.2, 0.25) is 0 Å². The molecule has 4 aliphatic rings. The zero-order valence-electron chi connectivity index (χ0n) is 24.8. The maximum absolute atomic E-state index is 13.9. The van der Waals surface area contributed by atoms with Crippen molar-refractivity contribution in [2.24, 2.45) is 11.8 Å². The number of rotatable bonds is 6. The standard InChI is InChI=1S/C31H45N5O6/c1-20-27(37)16-29(39)35-11-8-22(13-28(38)34-9-3-4-10-34)23(18-35)14-30(40)36-19-24(15-26(36)31(41)33-20)32-17-21-6-5-7-25(12-21)42-2/h5-7,12,20,22-24,26-27,32,37H,3-4,8-11,13-19H2,1-2H3,(H,33,41)/t20-,22-,23-,24-,26-,27-/m0/s1. The molecule has 0 aromatic heterocycles. The molecule has 5 rings (SSSR count). The van der Waals surface area contributed by atoms with Crippen molar-refractivity contribution in [2.45, 2.75) is 82.6 Å². The third-order valence-electron chi connectivity index (χ3n) is 9.56. The van der Waals surface area contributed by atoms with Crippen LogP contribution in [-0.4, -0.2) is 107 Å². The van der Waals surface area contributed by atoms with Crippen molar-refractivity contribution in [1.82, 2.24) is 25.3 Å². The summed E-state index contributed by atoms with van der Waals surface area (Å²) < 4.78 is 5.33. The predicted octanol–water partition coefficient (Wildman–Crippen LogP) is 0.891. The number of nitrogens with one attached hydrogen (secondary N) is 2. The van der Waals surface area contributed by atoms with E-state index in [9.17, 15) is 24.3 Å². The quantitative estimate of drug-likeness (QED) is 0.453. The zero-order chi connectivity index (χ0) is 29.8. The zero-order valence-corrected chi connectivity index (χ0v) is 24.8. The number of amides is 4. The van der Waals surface area contributed by atoms with Crippen molar-refractivity contribution in [3.05, 3.63) is 29.8 Å². The van der Waals surface area contributed by atoms with Crippen molar-refractivity contribution >= 4 is 23.6 Å². The summed E-state index contributed by atoms with van der Waals surface area (Å²) in [7, 11) is 1.63. The summed E-state index contributed by atoms with van der Waals surface area (Å²) in [5.74, 6) is 0.0367. The molecule has 4 amide bonds. The normalized spacial score (nSPS) is 30.7. The van der Waals surface area contributed by atoms with Crippen molar-refractivity contribution in [3.8, 4) is 5.75 Å². The number of fused-ring (bicyclic) bond motifs is 3. The van der Waals surface area contributed by atoms with Crippen molar-refractivity contribution < 1.29 is 29.0 Å². The highest BCUT2D eigenvalue weighted by atomic mass is 16.5. The molecule has 1 aromatic rings. The summed E-state index contributed by atoms with van der Waals surface area (Å²) in [6.07, 6.45) is 2.53. The van der Waals surface area contributed by atoms with Crippen molar-refractivity contribution in [1.29, 1.82) is 0 Å². The monoisotopic (exact) mass is 583 g/mol. The summed E-state index contributed by atoms with van der Waals surface area (Å²) in [5, 5.41) is 17.2. The van der Waals surface area contributed by atoms with E-state index in [1.165, 1.54) is 0 Å². The first-order chi connectivity index (χ1) is 20.2. The number of hydrogen-bond acceptors (Lipinski definition) is 7. The highest BCUT2D eigenvalue weighted by Gasteiger charge is 2.43. The second-order valence-corrected chi connectivity index (χ2v) is 12.4. The molecule has 4 aliphatic heterocycles. The number of ether oxygens (including phenoxy) is 1. The lowest BCUT2D eigenvalue weighted by Crippen LogP contribution is -2.51. The number of carbonyl (C=O) groups excluding carboxylic acids is 4. The molecule has 230 valence electrons. The number of aliphatic hydroxyl groups excluding tert-OH is 1. The topological polar surface area (TPSA) is 132 Å². The van der Waals surface area contributed by atoms with Gasteiger partial charge in [-0.3, -0.25) is 19.2 Å².